The first-order chi connectivity index (χ1) is 9.65. The molecule has 0 bridgehead atoms. The molecule has 0 aliphatic carbocycles. The summed E-state index contributed by atoms with van der Waals surface area (Å²) in [5.74, 6) is 0.802. The van der Waals surface area contributed by atoms with Gasteiger partial charge in [-0.25, -0.2) is 5.01 Å². The number of amides is 1. The minimum absolute atomic E-state index is 0.125. The number of hydrazone groups is 1. The van der Waals surface area contributed by atoms with Crippen LogP contribution in [0.1, 0.15) is 30.7 Å². The Kier molecular flexibility index (Phi) is 3.02. The number of nitrogens with zero attached hydrogens (tertiary/aromatic N) is 2. The van der Waals surface area contributed by atoms with Gasteiger partial charge in [-0.2, -0.15) is 5.10 Å². The maximum Gasteiger partial charge on any atom is 0.240 e. The third-order valence-corrected chi connectivity index (χ3v) is 3.31. The molecule has 1 atom stereocenters. The van der Waals surface area contributed by atoms with Crippen LogP contribution >= 0.6 is 0 Å². The Hall–Kier alpha value is -2.56. The van der Waals surface area contributed by atoms with Gasteiger partial charge in [0.2, 0.25) is 5.91 Å². The van der Waals surface area contributed by atoms with Crippen LogP contribution in [-0.4, -0.2) is 21.7 Å². The Morgan fingerprint density at radius 1 is 1.35 bits per heavy atom. The summed E-state index contributed by atoms with van der Waals surface area (Å²) in [7, 11) is 0. The van der Waals surface area contributed by atoms with Crippen molar-refractivity contribution in [1.29, 1.82) is 0 Å². The molecule has 1 aliphatic heterocycles. The van der Waals surface area contributed by atoms with Crippen LogP contribution in [-0.2, 0) is 4.79 Å². The number of aromatic hydroxyl groups is 1. The summed E-state index contributed by atoms with van der Waals surface area (Å²) in [4.78, 5) is 11.7. The fourth-order valence-corrected chi connectivity index (χ4v) is 2.33. The molecule has 102 valence electrons. The molecular formula is C15H14N2O3. The van der Waals surface area contributed by atoms with E-state index in [2.05, 4.69) is 5.10 Å². The fourth-order valence-electron chi connectivity index (χ4n) is 2.33. The van der Waals surface area contributed by atoms with Crippen LogP contribution in [0.25, 0.3) is 0 Å². The zero-order chi connectivity index (χ0) is 14.1. The minimum atomic E-state index is -0.202. The van der Waals surface area contributed by atoms with Crippen molar-refractivity contribution in [3.63, 3.8) is 0 Å². The first kappa shape index (κ1) is 12.5. The smallest absolute Gasteiger partial charge is 0.240 e. The second kappa shape index (κ2) is 4.85. The molecule has 0 fully saturated rings. The largest absolute Gasteiger partial charge is 0.508 e. The fraction of sp³-hybridized carbons (Fsp3) is 0.200. The van der Waals surface area contributed by atoms with Gasteiger partial charge in [-0.05, 0) is 42.0 Å². The summed E-state index contributed by atoms with van der Waals surface area (Å²) < 4.78 is 5.39. The maximum absolute atomic E-state index is 11.7. The highest BCUT2D eigenvalue weighted by molar-refractivity contribution is 6.03. The molecule has 1 aliphatic rings. The molecule has 0 spiro atoms. The third kappa shape index (κ3) is 2.18. The van der Waals surface area contributed by atoms with E-state index in [0.29, 0.717) is 6.42 Å². The molecule has 1 amide bonds. The second-order valence-electron chi connectivity index (χ2n) is 4.69. The lowest BCUT2D eigenvalue weighted by molar-refractivity contribution is -0.130. The number of rotatable bonds is 2. The summed E-state index contributed by atoms with van der Waals surface area (Å²) in [6.07, 6.45) is 2.18. The van der Waals surface area contributed by atoms with E-state index in [1.54, 1.807) is 36.6 Å². The summed E-state index contributed by atoms with van der Waals surface area (Å²) in [5.41, 5.74) is 1.70. The van der Waals surface area contributed by atoms with Gasteiger partial charge in [-0.1, -0.05) is 0 Å². The average Bonchev–Trinajstić information content (AvgIpc) is 3.08. The SMILES string of the molecule is CC(=O)N1N=C(c2ccc(O)cc2)C[C@H]1c1ccco1. The highest BCUT2D eigenvalue weighted by Gasteiger charge is 2.33. The Bertz CT molecular complexity index is 644. The average molecular weight is 270 g/mol. The first-order valence-electron chi connectivity index (χ1n) is 6.35. The van der Waals surface area contributed by atoms with Crippen molar-refractivity contribution >= 4 is 11.6 Å². The van der Waals surface area contributed by atoms with Gasteiger partial charge >= 0.3 is 0 Å². The zero-order valence-corrected chi connectivity index (χ0v) is 11.0. The number of carbonyl (C=O) groups excluding carboxylic acids is 1. The lowest BCUT2D eigenvalue weighted by Gasteiger charge is -2.17. The van der Waals surface area contributed by atoms with E-state index in [9.17, 15) is 9.90 Å². The molecule has 2 aromatic rings. The van der Waals surface area contributed by atoms with Gasteiger partial charge in [0.15, 0.2) is 0 Å². The zero-order valence-electron chi connectivity index (χ0n) is 11.0. The van der Waals surface area contributed by atoms with Crippen molar-refractivity contribution in [1.82, 2.24) is 5.01 Å². The summed E-state index contributed by atoms with van der Waals surface area (Å²) in [5, 5.41) is 15.2. The van der Waals surface area contributed by atoms with E-state index >= 15 is 0 Å². The molecule has 0 saturated carbocycles. The van der Waals surface area contributed by atoms with Crippen molar-refractivity contribution in [3.05, 3.63) is 54.0 Å². The van der Waals surface area contributed by atoms with Gasteiger partial charge in [0.05, 0.1) is 12.0 Å². The van der Waals surface area contributed by atoms with E-state index in [0.717, 1.165) is 17.0 Å². The molecule has 1 aromatic carbocycles. The summed E-state index contributed by atoms with van der Waals surface area (Å²) >= 11 is 0. The number of furan rings is 1. The molecule has 0 unspecified atom stereocenters. The molecule has 5 heteroatoms. The molecule has 2 heterocycles. The van der Waals surface area contributed by atoms with E-state index in [1.807, 2.05) is 6.07 Å². The van der Waals surface area contributed by atoms with Crippen LogP contribution in [0, 0.1) is 0 Å². The number of phenolic OH excluding ortho intramolecular Hbond substituents is 1. The van der Waals surface area contributed by atoms with E-state index < -0.39 is 0 Å². The third-order valence-electron chi connectivity index (χ3n) is 3.31. The summed E-state index contributed by atoms with van der Waals surface area (Å²) in [6.45, 7) is 1.49. The van der Waals surface area contributed by atoms with Crippen molar-refractivity contribution < 1.29 is 14.3 Å². The lowest BCUT2D eigenvalue weighted by atomic mass is 10.0. The molecule has 3 rings (SSSR count). The Morgan fingerprint density at radius 3 is 2.70 bits per heavy atom. The molecule has 0 saturated heterocycles. The van der Waals surface area contributed by atoms with Crippen molar-refractivity contribution in [3.8, 4) is 5.75 Å². The molecule has 20 heavy (non-hydrogen) atoms. The van der Waals surface area contributed by atoms with Crippen molar-refractivity contribution in [2.75, 3.05) is 0 Å². The Morgan fingerprint density at radius 2 is 2.10 bits per heavy atom. The quantitative estimate of drug-likeness (QED) is 0.912. The standard InChI is InChI=1S/C15H14N2O3/c1-10(18)17-14(15-3-2-8-20-15)9-13(16-17)11-4-6-12(19)7-5-11/h2-8,14,19H,9H2,1H3/t14-/m0/s1. The van der Waals surface area contributed by atoms with Crippen molar-refractivity contribution in [2.24, 2.45) is 5.10 Å². The Labute approximate surface area is 116 Å². The number of hydrogen-bond donors (Lipinski definition) is 1. The van der Waals surface area contributed by atoms with Gasteiger partial charge < -0.3 is 9.52 Å². The predicted octanol–water partition coefficient (Wildman–Crippen LogP) is 2.68. The normalized spacial score (nSPS) is 18.1. The number of phenols is 1. The Balaban J connectivity index is 1.92. The van der Waals surface area contributed by atoms with Crippen LogP contribution < -0.4 is 0 Å². The summed E-state index contributed by atoms with van der Waals surface area (Å²) in [6, 6.07) is 10.2. The van der Waals surface area contributed by atoms with E-state index in [1.165, 1.54) is 11.9 Å². The van der Waals surface area contributed by atoms with Crippen LogP contribution in [0.5, 0.6) is 5.75 Å². The van der Waals surface area contributed by atoms with E-state index in [4.69, 9.17) is 4.42 Å². The monoisotopic (exact) mass is 270 g/mol. The van der Waals surface area contributed by atoms with Crippen LogP contribution in [0.3, 0.4) is 0 Å². The highest BCUT2D eigenvalue weighted by atomic mass is 16.3. The van der Waals surface area contributed by atoms with Crippen LogP contribution in [0.15, 0.2) is 52.2 Å². The number of hydrogen-bond acceptors (Lipinski definition) is 4. The van der Waals surface area contributed by atoms with Crippen LogP contribution in [0.4, 0.5) is 0 Å². The molecular weight excluding hydrogens is 256 g/mol. The van der Waals surface area contributed by atoms with Gasteiger partial charge in [0.1, 0.15) is 17.6 Å². The lowest BCUT2D eigenvalue weighted by Crippen LogP contribution is -2.23. The van der Waals surface area contributed by atoms with Gasteiger partial charge in [0, 0.05) is 13.3 Å². The van der Waals surface area contributed by atoms with Gasteiger partial charge in [0.25, 0.3) is 0 Å². The van der Waals surface area contributed by atoms with Crippen molar-refractivity contribution in [2.45, 2.75) is 19.4 Å². The number of carbonyl (C=O) groups is 1. The first-order valence-corrected chi connectivity index (χ1v) is 6.35. The molecule has 1 aromatic heterocycles. The molecule has 1 N–H and O–H groups in total. The van der Waals surface area contributed by atoms with Crippen LogP contribution in [0.2, 0.25) is 0 Å². The van der Waals surface area contributed by atoms with Gasteiger partial charge in [-0.3, -0.25) is 4.79 Å². The molecule has 0 radical (unpaired) electrons. The minimum Gasteiger partial charge on any atom is -0.508 e. The predicted molar refractivity (Wildman–Crippen MR) is 73.2 cm³/mol. The highest BCUT2D eigenvalue weighted by Crippen LogP contribution is 2.33. The number of benzene rings is 1. The van der Waals surface area contributed by atoms with Gasteiger partial charge in [-0.15, -0.1) is 0 Å². The molecule has 5 nitrogen and oxygen atoms in total. The topological polar surface area (TPSA) is 66.0 Å². The maximum atomic E-state index is 11.7. The second-order valence-corrected chi connectivity index (χ2v) is 4.69. The van der Waals surface area contributed by atoms with E-state index in [-0.39, 0.29) is 17.7 Å².